The van der Waals surface area contributed by atoms with Crippen molar-refractivity contribution in [1.29, 1.82) is 0 Å². The normalized spacial score (nSPS) is 17.3. The fourth-order valence-corrected chi connectivity index (χ4v) is 4.00. The maximum atomic E-state index is 13.1. The number of nitrogens with zero attached hydrogens (tertiary/aromatic N) is 2. The lowest BCUT2D eigenvalue weighted by atomic mass is 10.1. The number of halogens is 3. The van der Waals surface area contributed by atoms with Gasteiger partial charge in [-0.05, 0) is 52.3 Å². The molecule has 11 heteroatoms. The predicted octanol–water partition coefficient (Wildman–Crippen LogP) is 3.19. The molecule has 30 heavy (non-hydrogen) atoms. The van der Waals surface area contributed by atoms with Crippen LogP contribution in [0.1, 0.15) is 33.6 Å². The van der Waals surface area contributed by atoms with Gasteiger partial charge in [-0.25, -0.2) is 9.88 Å². The summed E-state index contributed by atoms with van der Waals surface area (Å²) < 4.78 is 41.8. The third kappa shape index (κ3) is 5.67. The van der Waals surface area contributed by atoms with Crippen LogP contribution in [0.15, 0.2) is 18.2 Å². The predicted molar refractivity (Wildman–Crippen MR) is 108 cm³/mol. The van der Waals surface area contributed by atoms with Crippen LogP contribution in [0, 0.1) is 0 Å². The highest BCUT2D eigenvalue weighted by Crippen LogP contribution is 2.34. The van der Waals surface area contributed by atoms with Gasteiger partial charge in [0.25, 0.3) is 5.91 Å². The van der Waals surface area contributed by atoms with Gasteiger partial charge in [0, 0.05) is 11.6 Å². The highest BCUT2D eigenvalue weighted by atomic mass is 32.1. The van der Waals surface area contributed by atoms with Gasteiger partial charge in [0.2, 0.25) is 5.91 Å². The van der Waals surface area contributed by atoms with Crippen molar-refractivity contribution in [2.45, 2.75) is 51.6 Å². The number of imide groups is 1. The molecule has 0 saturated carbocycles. The number of fused-ring (bicyclic) bond motifs is 1. The van der Waals surface area contributed by atoms with Crippen molar-refractivity contribution in [3.8, 4) is 5.75 Å². The second-order valence-corrected chi connectivity index (χ2v) is 9.00. The number of benzene rings is 1. The molecular formula is C19H23F3N4O3S. The minimum absolute atomic E-state index is 0.0830. The Balaban J connectivity index is 1.92. The number of carbonyl (C=O) groups excluding carboxylic acids is 2. The average molecular weight is 444 g/mol. The second-order valence-electron chi connectivity index (χ2n) is 7.99. The van der Waals surface area contributed by atoms with Gasteiger partial charge in [0.15, 0.2) is 5.13 Å². The van der Waals surface area contributed by atoms with Gasteiger partial charge in [0.05, 0.1) is 22.8 Å². The van der Waals surface area contributed by atoms with E-state index < -0.39 is 24.2 Å². The van der Waals surface area contributed by atoms with E-state index in [4.69, 9.17) is 0 Å². The Labute approximate surface area is 175 Å². The van der Waals surface area contributed by atoms with Crippen molar-refractivity contribution in [2.24, 2.45) is 0 Å². The first-order chi connectivity index (χ1) is 13.9. The minimum atomic E-state index is -4.81. The van der Waals surface area contributed by atoms with Crippen LogP contribution in [0.2, 0.25) is 0 Å². The van der Waals surface area contributed by atoms with E-state index in [0.717, 1.165) is 28.7 Å². The van der Waals surface area contributed by atoms with Gasteiger partial charge in [-0.2, -0.15) is 0 Å². The Morgan fingerprint density at radius 3 is 2.67 bits per heavy atom. The van der Waals surface area contributed by atoms with E-state index in [9.17, 15) is 22.8 Å². The molecule has 2 aromatic rings. The summed E-state index contributed by atoms with van der Waals surface area (Å²) in [5.41, 5.74) is 0.0335. The zero-order valence-corrected chi connectivity index (χ0v) is 17.6. The molecule has 1 atom stereocenters. The Kier molecular flexibility index (Phi) is 6.34. The first-order valence-corrected chi connectivity index (χ1v) is 10.3. The number of carbonyl (C=O) groups is 2. The first-order valence-electron chi connectivity index (χ1n) is 9.44. The number of aromatic nitrogens is 1. The molecule has 0 spiro atoms. The monoisotopic (exact) mass is 444 g/mol. The quantitative estimate of drug-likeness (QED) is 0.737. The molecule has 164 valence electrons. The molecule has 3 rings (SSSR count). The number of alkyl halides is 3. The number of amides is 2. The lowest BCUT2D eigenvalue weighted by Gasteiger charge is -2.25. The third-order valence-electron chi connectivity index (χ3n) is 4.37. The molecule has 1 aliphatic heterocycles. The summed E-state index contributed by atoms with van der Waals surface area (Å²) >= 11 is 0.965. The van der Waals surface area contributed by atoms with Crippen LogP contribution in [0.3, 0.4) is 0 Å². The molecule has 1 fully saturated rings. The zero-order chi connectivity index (χ0) is 22.1. The standard InChI is InChI=1S/C19H23F3N4O3S/c1-18(2,3)24-10-15(27)26(16(28)13-5-4-8-23-13)17-25-12-7-6-11(9-14(12)30-17)29-19(20,21)22/h6-7,9,13,23-24H,4-5,8,10H2,1-3H3/t13-/m0/s1. The molecule has 2 amide bonds. The number of thiazole rings is 1. The van der Waals surface area contributed by atoms with Crippen LogP contribution in [0.4, 0.5) is 18.3 Å². The summed E-state index contributed by atoms with van der Waals surface area (Å²) in [4.78, 5) is 31.3. The van der Waals surface area contributed by atoms with E-state index in [1.165, 1.54) is 12.1 Å². The molecule has 0 unspecified atom stereocenters. The highest BCUT2D eigenvalue weighted by Gasteiger charge is 2.34. The van der Waals surface area contributed by atoms with Crippen LogP contribution < -0.4 is 20.3 Å². The van der Waals surface area contributed by atoms with Crippen LogP contribution >= 0.6 is 11.3 Å². The van der Waals surface area contributed by atoms with E-state index in [-0.39, 0.29) is 23.0 Å². The summed E-state index contributed by atoms with van der Waals surface area (Å²) in [5, 5.41) is 6.24. The lowest BCUT2D eigenvalue weighted by molar-refractivity contribution is -0.274. The summed E-state index contributed by atoms with van der Waals surface area (Å²) in [6, 6.07) is 3.20. The third-order valence-corrected chi connectivity index (χ3v) is 5.37. The number of ether oxygens (including phenoxy) is 1. The molecule has 0 aliphatic carbocycles. The fraction of sp³-hybridized carbons (Fsp3) is 0.526. The molecular weight excluding hydrogens is 421 g/mol. The number of anilines is 1. The summed E-state index contributed by atoms with van der Waals surface area (Å²) in [6.07, 6.45) is -3.40. The molecule has 2 N–H and O–H groups in total. The average Bonchev–Trinajstić information content (AvgIpc) is 3.27. The van der Waals surface area contributed by atoms with Gasteiger partial charge >= 0.3 is 6.36 Å². The summed E-state index contributed by atoms with van der Waals surface area (Å²) in [7, 11) is 0. The molecule has 7 nitrogen and oxygen atoms in total. The Bertz CT molecular complexity index is 933. The van der Waals surface area contributed by atoms with Crippen molar-refractivity contribution in [1.82, 2.24) is 15.6 Å². The van der Waals surface area contributed by atoms with Crippen molar-refractivity contribution in [3.05, 3.63) is 18.2 Å². The van der Waals surface area contributed by atoms with Crippen LogP contribution in [-0.4, -0.2) is 47.8 Å². The number of nitrogens with one attached hydrogen (secondary N) is 2. The van der Waals surface area contributed by atoms with Crippen molar-refractivity contribution >= 4 is 38.5 Å². The molecule has 0 bridgehead atoms. The lowest BCUT2D eigenvalue weighted by Crippen LogP contribution is -2.51. The van der Waals surface area contributed by atoms with Crippen LogP contribution in [0.5, 0.6) is 5.75 Å². The SMILES string of the molecule is CC(C)(C)NCC(=O)N(C(=O)[C@@H]1CCCN1)c1nc2ccc(OC(F)(F)F)cc2s1. The topological polar surface area (TPSA) is 83.6 Å². The smallest absolute Gasteiger partial charge is 0.406 e. The Hall–Kier alpha value is -2.24. The molecule has 1 aliphatic rings. The van der Waals surface area contributed by atoms with E-state index in [1.54, 1.807) is 0 Å². The van der Waals surface area contributed by atoms with Gasteiger partial charge in [0.1, 0.15) is 5.75 Å². The molecule has 1 saturated heterocycles. The maximum Gasteiger partial charge on any atom is 0.573 e. The molecule has 1 aromatic carbocycles. The number of hydrogen-bond donors (Lipinski definition) is 2. The van der Waals surface area contributed by atoms with E-state index in [0.29, 0.717) is 23.2 Å². The number of hydrogen-bond acceptors (Lipinski definition) is 7. The van der Waals surface area contributed by atoms with Gasteiger partial charge in [-0.3, -0.25) is 9.59 Å². The molecule has 0 radical (unpaired) electrons. The van der Waals surface area contributed by atoms with Crippen molar-refractivity contribution in [3.63, 3.8) is 0 Å². The Morgan fingerprint density at radius 1 is 1.33 bits per heavy atom. The van der Waals surface area contributed by atoms with Gasteiger partial charge in [-0.15, -0.1) is 13.2 Å². The van der Waals surface area contributed by atoms with E-state index in [1.807, 2.05) is 20.8 Å². The van der Waals surface area contributed by atoms with E-state index in [2.05, 4.69) is 20.4 Å². The maximum absolute atomic E-state index is 13.1. The first kappa shape index (κ1) is 22.4. The van der Waals surface area contributed by atoms with Crippen molar-refractivity contribution < 1.29 is 27.5 Å². The summed E-state index contributed by atoms with van der Waals surface area (Å²) in [5.74, 6) is -1.28. The highest BCUT2D eigenvalue weighted by molar-refractivity contribution is 7.22. The molecule has 2 heterocycles. The van der Waals surface area contributed by atoms with Crippen LogP contribution in [0.25, 0.3) is 10.2 Å². The Morgan fingerprint density at radius 2 is 2.07 bits per heavy atom. The van der Waals surface area contributed by atoms with Gasteiger partial charge < -0.3 is 15.4 Å². The fourth-order valence-electron chi connectivity index (χ4n) is 2.98. The van der Waals surface area contributed by atoms with Crippen LogP contribution in [-0.2, 0) is 9.59 Å². The van der Waals surface area contributed by atoms with E-state index >= 15 is 0 Å². The van der Waals surface area contributed by atoms with Gasteiger partial charge in [-0.1, -0.05) is 11.3 Å². The molecule has 1 aromatic heterocycles. The largest absolute Gasteiger partial charge is 0.573 e. The summed E-state index contributed by atoms with van der Waals surface area (Å²) in [6.45, 7) is 6.28. The van der Waals surface area contributed by atoms with Crippen molar-refractivity contribution in [2.75, 3.05) is 18.0 Å². The number of rotatable bonds is 5. The second kappa shape index (κ2) is 8.48. The minimum Gasteiger partial charge on any atom is -0.406 e. The zero-order valence-electron chi connectivity index (χ0n) is 16.8.